The van der Waals surface area contributed by atoms with Crippen LogP contribution in [0.4, 0.5) is 17.1 Å². The molecule has 0 amide bonds. The van der Waals surface area contributed by atoms with E-state index in [-0.39, 0.29) is 10.8 Å². The van der Waals surface area contributed by atoms with Gasteiger partial charge in [0.25, 0.3) is 0 Å². The van der Waals surface area contributed by atoms with E-state index in [0.29, 0.717) is 0 Å². The first-order valence-corrected chi connectivity index (χ1v) is 21.1. The Hall–Kier alpha value is -7.16. The number of furan rings is 1. The number of rotatable bonds is 5. The Kier molecular flexibility index (Phi) is 7.36. The second-order valence-corrected chi connectivity index (χ2v) is 17.7. The molecule has 0 radical (unpaired) electrons. The van der Waals surface area contributed by atoms with E-state index in [2.05, 4.69) is 221 Å². The van der Waals surface area contributed by atoms with Crippen LogP contribution in [0.15, 0.2) is 192 Å². The van der Waals surface area contributed by atoms with Crippen molar-refractivity contribution < 1.29 is 4.42 Å². The summed E-state index contributed by atoms with van der Waals surface area (Å²) >= 11 is 0. The molecule has 0 aliphatic heterocycles. The van der Waals surface area contributed by atoms with E-state index < -0.39 is 0 Å². The maximum atomic E-state index is 7.08. The van der Waals surface area contributed by atoms with Gasteiger partial charge in [-0.05, 0) is 121 Å². The van der Waals surface area contributed by atoms with Gasteiger partial charge in [0, 0.05) is 33.2 Å². The van der Waals surface area contributed by atoms with Gasteiger partial charge in [0.2, 0.25) is 0 Å². The standard InChI is InChI=1S/C58H43NO/c1-57(2)48-20-12-10-18-44(48)45-31-29-43(34-50(45)57)59(42-27-24-38(25-28-42)36-14-6-5-7-15-36)56-54-46-19-11-13-21-49(46)58(3,4)51(54)35-53-55(56)47-30-26-41(33-52(47)60-53)40-23-22-37-16-8-9-17-39(37)32-40/h5-35H,1-4H3. The molecule has 0 atom stereocenters. The van der Waals surface area contributed by atoms with Crippen molar-refractivity contribution in [2.75, 3.05) is 4.90 Å². The van der Waals surface area contributed by atoms with Gasteiger partial charge in [0.15, 0.2) is 0 Å². The third-order valence-electron chi connectivity index (χ3n) is 13.6. The van der Waals surface area contributed by atoms with Crippen LogP contribution in [0, 0.1) is 0 Å². The van der Waals surface area contributed by atoms with Crippen LogP contribution in [0.2, 0.25) is 0 Å². The van der Waals surface area contributed by atoms with Crippen LogP contribution in [-0.4, -0.2) is 0 Å². The summed E-state index contributed by atoms with van der Waals surface area (Å²) in [4.78, 5) is 2.53. The van der Waals surface area contributed by atoms with Crippen LogP contribution in [0.3, 0.4) is 0 Å². The predicted molar refractivity (Wildman–Crippen MR) is 252 cm³/mol. The fourth-order valence-electron chi connectivity index (χ4n) is 10.5. The van der Waals surface area contributed by atoms with Gasteiger partial charge < -0.3 is 9.32 Å². The van der Waals surface area contributed by atoms with Crippen molar-refractivity contribution >= 4 is 49.8 Å². The number of benzene rings is 9. The van der Waals surface area contributed by atoms with Crippen LogP contribution in [0.5, 0.6) is 0 Å². The van der Waals surface area contributed by atoms with Crippen molar-refractivity contribution in [3.8, 4) is 44.5 Å². The van der Waals surface area contributed by atoms with E-state index in [1.54, 1.807) is 0 Å². The van der Waals surface area contributed by atoms with E-state index in [0.717, 1.165) is 44.6 Å². The molecule has 9 aromatic carbocycles. The highest BCUT2D eigenvalue weighted by Crippen LogP contribution is 2.59. The monoisotopic (exact) mass is 769 g/mol. The Labute approximate surface area is 351 Å². The minimum absolute atomic E-state index is 0.158. The van der Waals surface area contributed by atoms with Gasteiger partial charge in [-0.3, -0.25) is 0 Å². The summed E-state index contributed by atoms with van der Waals surface area (Å²) in [6.45, 7) is 9.46. The molecular weight excluding hydrogens is 727 g/mol. The summed E-state index contributed by atoms with van der Waals surface area (Å²) in [6.07, 6.45) is 0. The second kappa shape index (κ2) is 12.7. The normalized spacial score (nSPS) is 14.3. The molecule has 0 saturated carbocycles. The lowest BCUT2D eigenvalue weighted by atomic mass is 9.82. The van der Waals surface area contributed by atoms with Gasteiger partial charge in [-0.2, -0.15) is 0 Å². The van der Waals surface area contributed by atoms with Gasteiger partial charge in [-0.1, -0.05) is 167 Å². The lowest BCUT2D eigenvalue weighted by Gasteiger charge is -2.31. The summed E-state index contributed by atoms with van der Waals surface area (Å²) < 4.78 is 7.08. The molecule has 0 N–H and O–H groups in total. The van der Waals surface area contributed by atoms with Gasteiger partial charge in [-0.15, -0.1) is 0 Å². The Balaban J connectivity index is 1.15. The Morgan fingerprint density at radius 3 is 1.77 bits per heavy atom. The summed E-state index contributed by atoms with van der Waals surface area (Å²) in [5.41, 5.74) is 20.0. The smallest absolute Gasteiger partial charge is 0.137 e. The molecular formula is C58H43NO. The van der Waals surface area contributed by atoms with Crippen molar-refractivity contribution in [2.45, 2.75) is 38.5 Å². The highest BCUT2D eigenvalue weighted by atomic mass is 16.3. The third-order valence-corrected chi connectivity index (χ3v) is 13.6. The Bertz CT molecular complexity index is 3370. The highest BCUT2D eigenvalue weighted by Gasteiger charge is 2.41. The lowest BCUT2D eigenvalue weighted by Crippen LogP contribution is -2.18. The number of hydrogen-bond donors (Lipinski definition) is 0. The van der Waals surface area contributed by atoms with Crippen molar-refractivity contribution in [3.05, 3.63) is 210 Å². The Morgan fingerprint density at radius 1 is 0.383 bits per heavy atom. The topological polar surface area (TPSA) is 16.4 Å². The fraction of sp³-hybridized carbons (Fsp3) is 0.103. The second-order valence-electron chi connectivity index (χ2n) is 17.7. The molecule has 0 fully saturated rings. The zero-order valence-corrected chi connectivity index (χ0v) is 34.3. The zero-order chi connectivity index (χ0) is 40.3. The molecule has 0 saturated heterocycles. The van der Waals surface area contributed by atoms with Gasteiger partial charge in [0.1, 0.15) is 11.2 Å². The van der Waals surface area contributed by atoms with Crippen LogP contribution >= 0.6 is 0 Å². The first-order chi connectivity index (χ1) is 29.3. The summed E-state index contributed by atoms with van der Waals surface area (Å²) in [5.74, 6) is 0. The molecule has 60 heavy (non-hydrogen) atoms. The van der Waals surface area contributed by atoms with E-state index in [1.807, 2.05) is 0 Å². The van der Waals surface area contributed by atoms with Crippen LogP contribution in [-0.2, 0) is 10.8 Å². The van der Waals surface area contributed by atoms with Gasteiger partial charge in [0.05, 0.1) is 11.1 Å². The first-order valence-electron chi connectivity index (χ1n) is 21.1. The van der Waals surface area contributed by atoms with E-state index in [4.69, 9.17) is 4.42 Å². The number of fused-ring (bicyclic) bond motifs is 10. The van der Waals surface area contributed by atoms with Crippen molar-refractivity contribution in [3.63, 3.8) is 0 Å². The average Bonchev–Trinajstić information content (AvgIpc) is 3.85. The average molecular weight is 770 g/mol. The fourth-order valence-corrected chi connectivity index (χ4v) is 10.5. The van der Waals surface area contributed by atoms with Crippen LogP contribution in [0.25, 0.3) is 77.2 Å². The van der Waals surface area contributed by atoms with Crippen LogP contribution in [0.1, 0.15) is 49.9 Å². The lowest BCUT2D eigenvalue weighted by molar-refractivity contribution is 0.647. The van der Waals surface area contributed by atoms with E-state index >= 15 is 0 Å². The largest absolute Gasteiger partial charge is 0.456 e. The molecule has 0 bridgehead atoms. The number of hydrogen-bond acceptors (Lipinski definition) is 2. The quantitative estimate of drug-likeness (QED) is 0.173. The van der Waals surface area contributed by atoms with Crippen molar-refractivity contribution in [1.82, 2.24) is 0 Å². The van der Waals surface area contributed by atoms with Gasteiger partial charge >= 0.3 is 0 Å². The molecule has 2 nitrogen and oxygen atoms in total. The predicted octanol–water partition coefficient (Wildman–Crippen LogP) is 16.2. The van der Waals surface area contributed by atoms with E-state index in [9.17, 15) is 0 Å². The molecule has 0 spiro atoms. The third kappa shape index (κ3) is 5.01. The minimum Gasteiger partial charge on any atom is -0.456 e. The van der Waals surface area contributed by atoms with Crippen LogP contribution < -0.4 is 4.90 Å². The molecule has 286 valence electrons. The first kappa shape index (κ1) is 34.8. The summed E-state index contributed by atoms with van der Waals surface area (Å²) in [6, 6.07) is 69.3. The molecule has 10 aromatic rings. The SMILES string of the molecule is CC1(C)c2ccccc2-c2ccc(N(c3ccc(-c4ccccc4)cc3)c3c4c(cc5oc6cc(-c7ccc8ccccc8c7)ccc6c35)C(C)(C)c3ccccc3-4)cc21. The Morgan fingerprint density at radius 2 is 0.967 bits per heavy atom. The molecule has 12 rings (SSSR count). The van der Waals surface area contributed by atoms with Gasteiger partial charge in [-0.25, -0.2) is 0 Å². The molecule has 2 aliphatic carbocycles. The van der Waals surface area contributed by atoms with E-state index in [1.165, 1.54) is 72.0 Å². The number of anilines is 3. The molecule has 2 heteroatoms. The molecule has 1 aromatic heterocycles. The van der Waals surface area contributed by atoms with Crippen molar-refractivity contribution in [1.29, 1.82) is 0 Å². The summed E-state index contributed by atoms with van der Waals surface area (Å²) in [7, 11) is 0. The highest BCUT2D eigenvalue weighted by molar-refractivity contribution is 6.19. The zero-order valence-electron chi connectivity index (χ0n) is 34.3. The number of nitrogens with zero attached hydrogens (tertiary/aromatic N) is 1. The summed E-state index contributed by atoms with van der Waals surface area (Å²) in [5, 5.41) is 4.70. The maximum Gasteiger partial charge on any atom is 0.137 e. The molecule has 1 heterocycles. The molecule has 0 unspecified atom stereocenters. The van der Waals surface area contributed by atoms with Crippen molar-refractivity contribution in [2.24, 2.45) is 0 Å². The minimum atomic E-state index is -0.242. The maximum absolute atomic E-state index is 7.08. The molecule has 2 aliphatic rings.